The fourth-order valence-electron chi connectivity index (χ4n) is 1.56. The van der Waals surface area contributed by atoms with E-state index < -0.39 is 0 Å². The normalized spacial score (nSPS) is 26.4. The number of rotatable bonds is 3. The van der Waals surface area contributed by atoms with E-state index >= 15 is 0 Å². The summed E-state index contributed by atoms with van der Waals surface area (Å²) in [6, 6.07) is 0.152. The van der Waals surface area contributed by atoms with Crippen LogP contribution in [0, 0.1) is 5.92 Å². The lowest BCUT2D eigenvalue weighted by Gasteiger charge is -2.19. The molecule has 2 unspecified atom stereocenters. The van der Waals surface area contributed by atoms with Crippen molar-refractivity contribution in [1.82, 2.24) is 4.90 Å². The second-order valence-corrected chi connectivity index (χ2v) is 3.78. The van der Waals surface area contributed by atoms with Gasteiger partial charge in [-0.1, -0.05) is 13.8 Å². The molecule has 0 saturated carbocycles. The van der Waals surface area contributed by atoms with Crippen LogP contribution in [0.2, 0.25) is 0 Å². The predicted octanol–water partition coefficient (Wildman–Crippen LogP) is 0.592. The van der Waals surface area contributed by atoms with E-state index in [1.165, 1.54) is 0 Å². The highest BCUT2D eigenvalue weighted by atomic mass is 16.2. The van der Waals surface area contributed by atoms with Crippen LogP contribution < -0.4 is 5.73 Å². The van der Waals surface area contributed by atoms with Crippen molar-refractivity contribution in [1.29, 1.82) is 0 Å². The zero-order valence-corrected chi connectivity index (χ0v) is 7.92. The smallest absolute Gasteiger partial charge is 0.222 e. The standard InChI is InChI=1S/C9H18N2O/c1-3-8(10)6-11-5-7(2)4-9(11)12/h7-8H,3-6,10H2,1-2H3. The minimum atomic E-state index is 0.152. The number of nitrogens with zero attached hydrogens (tertiary/aromatic N) is 1. The van der Waals surface area contributed by atoms with Crippen molar-refractivity contribution < 1.29 is 4.79 Å². The molecule has 12 heavy (non-hydrogen) atoms. The molecule has 0 aromatic carbocycles. The van der Waals surface area contributed by atoms with Crippen molar-refractivity contribution in [3.05, 3.63) is 0 Å². The van der Waals surface area contributed by atoms with Crippen molar-refractivity contribution in [3.63, 3.8) is 0 Å². The lowest BCUT2D eigenvalue weighted by Crippen LogP contribution is -2.37. The van der Waals surface area contributed by atoms with E-state index in [4.69, 9.17) is 5.73 Å². The second kappa shape index (κ2) is 3.90. The molecule has 0 aromatic rings. The molecule has 1 fully saturated rings. The summed E-state index contributed by atoms with van der Waals surface area (Å²) in [5, 5.41) is 0. The molecule has 70 valence electrons. The summed E-state index contributed by atoms with van der Waals surface area (Å²) >= 11 is 0. The molecule has 1 saturated heterocycles. The molecule has 0 radical (unpaired) electrons. The van der Waals surface area contributed by atoms with Gasteiger partial charge in [0.1, 0.15) is 0 Å². The Morgan fingerprint density at radius 3 is 2.83 bits per heavy atom. The van der Waals surface area contributed by atoms with Gasteiger partial charge in [-0.25, -0.2) is 0 Å². The zero-order chi connectivity index (χ0) is 9.14. The summed E-state index contributed by atoms with van der Waals surface area (Å²) in [5.41, 5.74) is 5.77. The number of nitrogens with two attached hydrogens (primary N) is 1. The molecular formula is C9H18N2O. The molecule has 2 N–H and O–H groups in total. The Labute approximate surface area is 73.9 Å². The van der Waals surface area contributed by atoms with Gasteiger partial charge < -0.3 is 10.6 Å². The molecule has 0 bridgehead atoms. The first-order valence-electron chi connectivity index (χ1n) is 4.66. The van der Waals surface area contributed by atoms with Crippen LogP contribution in [0.15, 0.2) is 0 Å². The maximum atomic E-state index is 11.3. The van der Waals surface area contributed by atoms with Gasteiger partial charge >= 0.3 is 0 Å². The third-order valence-corrected chi connectivity index (χ3v) is 2.39. The van der Waals surface area contributed by atoms with Crippen LogP contribution in [0.25, 0.3) is 0 Å². The largest absolute Gasteiger partial charge is 0.341 e. The fraction of sp³-hybridized carbons (Fsp3) is 0.889. The minimum absolute atomic E-state index is 0.152. The summed E-state index contributed by atoms with van der Waals surface area (Å²) < 4.78 is 0. The van der Waals surface area contributed by atoms with Crippen molar-refractivity contribution in [3.8, 4) is 0 Å². The highest BCUT2D eigenvalue weighted by Gasteiger charge is 2.26. The van der Waals surface area contributed by atoms with Crippen molar-refractivity contribution in [2.24, 2.45) is 11.7 Å². The van der Waals surface area contributed by atoms with E-state index in [0.717, 1.165) is 19.5 Å². The molecule has 1 amide bonds. The van der Waals surface area contributed by atoms with Gasteiger partial charge in [-0.05, 0) is 12.3 Å². The number of amides is 1. The van der Waals surface area contributed by atoms with E-state index in [9.17, 15) is 4.79 Å². The Morgan fingerprint density at radius 1 is 1.75 bits per heavy atom. The molecule has 0 spiro atoms. The van der Waals surface area contributed by atoms with Crippen LogP contribution in [0.4, 0.5) is 0 Å². The van der Waals surface area contributed by atoms with Crippen LogP contribution in [-0.2, 0) is 4.79 Å². The quantitative estimate of drug-likeness (QED) is 0.674. The Kier molecular flexibility index (Phi) is 3.09. The number of carbonyl (C=O) groups excluding carboxylic acids is 1. The lowest BCUT2D eigenvalue weighted by atomic mass is 10.2. The highest BCUT2D eigenvalue weighted by Crippen LogP contribution is 2.16. The molecular weight excluding hydrogens is 152 g/mol. The Balaban J connectivity index is 2.37. The third-order valence-electron chi connectivity index (χ3n) is 2.39. The molecule has 0 aromatic heterocycles. The second-order valence-electron chi connectivity index (χ2n) is 3.78. The molecule has 1 rings (SSSR count). The Bertz CT molecular complexity index is 170. The molecule has 1 aliphatic rings. The SMILES string of the molecule is CCC(N)CN1CC(C)CC1=O. The molecule has 3 nitrogen and oxygen atoms in total. The van der Waals surface area contributed by atoms with Crippen molar-refractivity contribution in [2.45, 2.75) is 32.7 Å². The highest BCUT2D eigenvalue weighted by molar-refractivity contribution is 5.78. The van der Waals surface area contributed by atoms with E-state index in [2.05, 4.69) is 13.8 Å². The Hall–Kier alpha value is -0.570. The van der Waals surface area contributed by atoms with Gasteiger partial charge in [-0.15, -0.1) is 0 Å². The van der Waals surface area contributed by atoms with Crippen LogP contribution in [0.5, 0.6) is 0 Å². The maximum Gasteiger partial charge on any atom is 0.222 e. The van der Waals surface area contributed by atoms with Gasteiger partial charge in [0, 0.05) is 25.6 Å². The molecule has 2 atom stereocenters. The topological polar surface area (TPSA) is 46.3 Å². The van der Waals surface area contributed by atoms with Gasteiger partial charge in [0.05, 0.1) is 0 Å². The lowest BCUT2D eigenvalue weighted by molar-refractivity contribution is -0.127. The number of hydrogen-bond donors (Lipinski definition) is 1. The average molecular weight is 170 g/mol. The van der Waals surface area contributed by atoms with Gasteiger partial charge in [0.25, 0.3) is 0 Å². The number of carbonyl (C=O) groups is 1. The van der Waals surface area contributed by atoms with Crippen LogP contribution >= 0.6 is 0 Å². The summed E-state index contributed by atoms with van der Waals surface area (Å²) in [5.74, 6) is 0.785. The summed E-state index contributed by atoms with van der Waals surface area (Å²) in [6.07, 6.45) is 1.65. The first-order chi connectivity index (χ1) is 5.63. The van der Waals surface area contributed by atoms with Gasteiger partial charge in [0.15, 0.2) is 0 Å². The van der Waals surface area contributed by atoms with E-state index in [0.29, 0.717) is 12.3 Å². The van der Waals surface area contributed by atoms with Gasteiger partial charge in [0.2, 0.25) is 5.91 Å². The monoisotopic (exact) mass is 170 g/mol. The van der Waals surface area contributed by atoms with Gasteiger partial charge in [-0.2, -0.15) is 0 Å². The zero-order valence-electron chi connectivity index (χ0n) is 7.92. The van der Waals surface area contributed by atoms with E-state index in [1.54, 1.807) is 0 Å². The van der Waals surface area contributed by atoms with Crippen LogP contribution in [0.3, 0.4) is 0 Å². The predicted molar refractivity (Wildman–Crippen MR) is 48.6 cm³/mol. The van der Waals surface area contributed by atoms with Crippen LogP contribution in [-0.4, -0.2) is 29.9 Å². The first-order valence-corrected chi connectivity index (χ1v) is 4.66. The van der Waals surface area contributed by atoms with Crippen molar-refractivity contribution >= 4 is 5.91 Å². The molecule has 3 heteroatoms. The third kappa shape index (κ3) is 2.21. The van der Waals surface area contributed by atoms with Crippen molar-refractivity contribution in [2.75, 3.05) is 13.1 Å². The number of hydrogen-bond acceptors (Lipinski definition) is 2. The number of likely N-dealkylation sites (tertiary alicyclic amines) is 1. The van der Waals surface area contributed by atoms with E-state index in [1.807, 2.05) is 4.90 Å². The summed E-state index contributed by atoms with van der Waals surface area (Å²) in [7, 11) is 0. The van der Waals surface area contributed by atoms with E-state index in [-0.39, 0.29) is 11.9 Å². The first kappa shape index (κ1) is 9.52. The summed E-state index contributed by atoms with van der Waals surface area (Å²) in [4.78, 5) is 13.2. The van der Waals surface area contributed by atoms with Crippen LogP contribution in [0.1, 0.15) is 26.7 Å². The maximum absolute atomic E-state index is 11.3. The Morgan fingerprint density at radius 2 is 2.42 bits per heavy atom. The summed E-state index contributed by atoms with van der Waals surface area (Å²) in [6.45, 7) is 5.79. The van der Waals surface area contributed by atoms with Gasteiger partial charge in [-0.3, -0.25) is 4.79 Å². The molecule has 1 aliphatic heterocycles. The molecule has 0 aliphatic carbocycles. The minimum Gasteiger partial charge on any atom is -0.341 e. The fourth-order valence-corrected chi connectivity index (χ4v) is 1.56. The molecule has 1 heterocycles. The average Bonchev–Trinajstić information content (AvgIpc) is 2.30.